The minimum atomic E-state index is -1.02. The van der Waals surface area contributed by atoms with Crippen LogP contribution < -0.4 is 0 Å². The van der Waals surface area contributed by atoms with Gasteiger partial charge in [-0.05, 0) is 30.5 Å². The maximum atomic E-state index is 10.5. The Hall–Kier alpha value is -1.42. The Balaban J connectivity index is 2.73. The van der Waals surface area contributed by atoms with Crippen molar-refractivity contribution < 1.29 is 15.0 Å². The molecule has 1 aromatic heterocycles. The molecule has 70 valence electrons. The highest BCUT2D eigenvalue weighted by atomic mass is 16.4. The van der Waals surface area contributed by atoms with Crippen molar-refractivity contribution in [3.05, 3.63) is 29.6 Å². The number of aromatic nitrogens is 1. The van der Waals surface area contributed by atoms with Crippen LogP contribution in [0.5, 0.6) is 0 Å². The summed E-state index contributed by atoms with van der Waals surface area (Å²) >= 11 is 0. The van der Waals surface area contributed by atoms with E-state index in [1.54, 1.807) is 6.07 Å². The van der Waals surface area contributed by atoms with Gasteiger partial charge in [-0.2, -0.15) is 0 Å². The fraction of sp³-hybridized carbons (Fsp3) is 0.333. The molecule has 1 rings (SSSR count). The number of hydrogen-bond acceptors (Lipinski definition) is 3. The normalized spacial score (nSPS) is 9.92. The van der Waals surface area contributed by atoms with E-state index in [-0.39, 0.29) is 12.3 Å². The van der Waals surface area contributed by atoms with Crippen molar-refractivity contribution in [1.29, 1.82) is 0 Å². The third-order valence-corrected chi connectivity index (χ3v) is 1.67. The van der Waals surface area contributed by atoms with Gasteiger partial charge in [-0.15, -0.1) is 0 Å². The van der Waals surface area contributed by atoms with Crippen LogP contribution in [0.25, 0.3) is 0 Å². The molecule has 0 saturated carbocycles. The smallest absolute Gasteiger partial charge is 0.354 e. The molecule has 0 aliphatic carbocycles. The number of carboxylic acid groups (broad SMARTS) is 1. The molecule has 4 nitrogen and oxygen atoms in total. The number of aryl methyl sites for hydroxylation is 1. The SMILES string of the molecule is O=C(O)c1cc(CCCO)ccn1. The van der Waals surface area contributed by atoms with Crippen molar-refractivity contribution in [1.82, 2.24) is 4.98 Å². The number of rotatable bonds is 4. The van der Waals surface area contributed by atoms with E-state index in [1.807, 2.05) is 0 Å². The van der Waals surface area contributed by atoms with Crippen LogP contribution in [0.1, 0.15) is 22.5 Å². The van der Waals surface area contributed by atoms with Crippen LogP contribution in [0.3, 0.4) is 0 Å². The van der Waals surface area contributed by atoms with Gasteiger partial charge in [-0.3, -0.25) is 0 Å². The van der Waals surface area contributed by atoms with Gasteiger partial charge in [-0.25, -0.2) is 9.78 Å². The molecule has 0 fully saturated rings. The number of nitrogens with zero attached hydrogens (tertiary/aromatic N) is 1. The summed E-state index contributed by atoms with van der Waals surface area (Å²) in [5.74, 6) is -1.02. The Labute approximate surface area is 75.9 Å². The molecule has 0 amide bonds. The van der Waals surface area contributed by atoms with Gasteiger partial charge in [0.05, 0.1) is 0 Å². The van der Waals surface area contributed by atoms with Gasteiger partial charge < -0.3 is 10.2 Å². The van der Waals surface area contributed by atoms with Crippen molar-refractivity contribution in [2.24, 2.45) is 0 Å². The topological polar surface area (TPSA) is 70.4 Å². The number of aliphatic hydroxyl groups excluding tert-OH is 1. The molecule has 2 N–H and O–H groups in total. The maximum absolute atomic E-state index is 10.5. The largest absolute Gasteiger partial charge is 0.477 e. The van der Waals surface area contributed by atoms with Crippen LogP contribution in [0.4, 0.5) is 0 Å². The van der Waals surface area contributed by atoms with Gasteiger partial charge in [0, 0.05) is 12.8 Å². The summed E-state index contributed by atoms with van der Waals surface area (Å²) in [6, 6.07) is 3.28. The summed E-state index contributed by atoms with van der Waals surface area (Å²) in [5, 5.41) is 17.2. The van der Waals surface area contributed by atoms with Crippen LogP contribution in [0.15, 0.2) is 18.3 Å². The second kappa shape index (κ2) is 4.57. The lowest BCUT2D eigenvalue weighted by atomic mass is 10.1. The predicted molar refractivity (Wildman–Crippen MR) is 46.6 cm³/mol. The van der Waals surface area contributed by atoms with Crippen LogP contribution in [-0.2, 0) is 6.42 Å². The Morgan fingerprint density at radius 1 is 1.54 bits per heavy atom. The number of aliphatic hydroxyl groups is 1. The molecule has 4 heteroatoms. The van der Waals surface area contributed by atoms with Crippen LogP contribution in [-0.4, -0.2) is 27.8 Å². The van der Waals surface area contributed by atoms with Gasteiger partial charge in [0.2, 0.25) is 0 Å². The molecule has 0 radical (unpaired) electrons. The van der Waals surface area contributed by atoms with Crippen LogP contribution >= 0.6 is 0 Å². The Morgan fingerprint density at radius 3 is 2.92 bits per heavy atom. The molecule has 0 bridgehead atoms. The lowest BCUT2D eigenvalue weighted by Gasteiger charge is -1.99. The van der Waals surface area contributed by atoms with E-state index in [1.165, 1.54) is 12.3 Å². The van der Waals surface area contributed by atoms with E-state index in [4.69, 9.17) is 10.2 Å². The Morgan fingerprint density at radius 2 is 2.31 bits per heavy atom. The first-order valence-electron chi connectivity index (χ1n) is 4.03. The van der Waals surface area contributed by atoms with E-state index < -0.39 is 5.97 Å². The van der Waals surface area contributed by atoms with Gasteiger partial charge in [0.25, 0.3) is 0 Å². The molecule has 0 saturated heterocycles. The van der Waals surface area contributed by atoms with Crippen molar-refractivity contribution in [2.75, 3.05) is 6.61 Å². The van der Waals surface area contributed by atoms with Crippen LogP contribution in [0, 0.1) is 0 Å². The van der Waals surface area contributed by atoms with E-state index in [2.05, 4.69) is 4.98 Å². The van der Waals surface area contributed by atoms with Gasteiger partial charge in [0.1, 0.15) is 5.69 Å². The molecule has 0 spiro atoms. The molecule has 0 aliphatic rings. The van der Waals surface area contributed by atoms with E-state index in [0.29, 0.717) is 12.8 Å². The fourth-order valence-corrected chi connectivity index (χ4v) is 1.03. The first-order chi connectivity index (χ1) is 6.24. The zero-order valence-electron chi connectivity index (χ0n) is 7.10. The summed E-state index contributed by atoms with van der Waals surface area (Å²) in [5.41, 5.74) is 0.942. The van der Waals surface area contributed by atoms with Gasteiger partial charge in [0.15, 0.2) is 0 Å². The average molecular weight is 181 g/mol. The molecule has 13 heavy (non-hydrogen) atoms. The van der Waals surface area contributed by atoms with Crippen LogP contribution in [0.2, 0.25) is 0 Å². The predicted octanol–water partition coefficient (Wildman–Crippen LogP) is 0.705. The minimum Gasteiger partial charge on any atom is -0.477 e. The maximum Gasteiger partial charge on any atom is 0.354 e. The summed E-state index contributed by atoms with van der Waals surface area (Å²) < 4.78 is 0. The summed E-state index contributed by atoms with van der Waals surface area (Å²) in [4.78, 5) is 14.2. The van der Waals surface area contributed by atoms with Gasteiger partial charge in [-0.1, -0.05) is 0 Å². The third kappa shape index (κ3) is 2.83. The second-order valence-corrected chi connectivity index (χ2v) is 2.68. The first kappa shape index (κ1) is 9.67. The monoisotopic (exact) mass is 181 g/mol. The average Bonchev–Trinajstić information content (AvgIpc) is 2.15. The molecule has 1 aromatic rings. The highest BCUT2D eigenvalue weighted by Crippen LogP contribution is 2.04. The van der Waals surface area contributed by atoms with E-state index >= 15 is 0 Å². The quantitative estimate of drug-likeness (QED) is 0.717. The minimum absolute atomic E-state index is 0.0513. The fourth-order valence-electron chi connectivity index (χ4n) is 1.03. The Bertz CT molecular complexity index is 299. The van der Waals surface area contributed by atoms with E-state index in [9.17, 15) is 4.79 Å². The molecule has 1 heterocycles. The Kier molecular flexibility index (Phi) is 3.40. The third-order valence-electron chi connectivity index (χ3n) is 1.67. The first-order valence-corrected chi connectivity index (χ1v) is 4.03. The van der Waals surface area contributed by atoms with Crippen molar-refractivity contribution in [3.8, 4) is 0 Å². The number of carboxylic acids is 1. The molecular formula is C9H11NO3. The number of pyridine rings is 1. The van der Waals surface area contributed by atoms with Crippen molar-refractivity contribution in [2.45, 2.75) is 12.8 Å². The highest BCUT2D eigenvalue weighted by molar-refractivity contribution is 5.85. The number of hydrogen-bond donors (Lipinski definition) is 2. The highest BCUT2D eigenvalue weighted by Gasteiger charge is 2.04. The molecular weight excluding hydrogens is 170 g/mol. The second-order valence-electron chi connectivity index (χ2n) is 2.68. The lowest BCUT2D eigenvalue weighted by molar-refractivity contribution is 0.0690. The molecule has 0 aliphatic heterocycles. The molecule has 0 atom stereocenters. The number of carbonyl (C=O) groups is 1. The van der Waals surface area contributed by atoms with Crippen molar-refractivity contribution >= 4 is 5.97 Å². The zero-order valence-corrected chi connectivity index (χ0v) is 7.10. The summed E-state index contributed by atoms with van der Waals surface area (Å²) in [6.07, 6.45) is 2.79. The zero-order chi connectivity index (χ0) is 9.68. The number of aromatic carboxylic acids is 1. The molecule has 0 aromatic carbocycles. The standard InChI is InChI=1S/C9H11NO3/c11-5-1-2-7-3-4-10-8(6-7)9(12)13/h3-4,6,11H,1-2,5H2,(H,12,13). The summed E-state index contributed by atoms with van der Waals surface area (Å²) in [6.45, 7) is 0.116. The van der Waals surface area contributed by atoms with Crippen molar-refractivity contribution in [3.63, 3.8) is 0 Å². The summed E-state index contributed by atoms with van der Waals surface area (Å²) in [7, 11) is 0. The van der Waals surface area contributed by atoms with E-state index in [0.717, 1.165) is 5.56 Å². The van der Waals surface area contributed by atoms with Gasteiger partial charge >= 0.3 is 5.97 Å². The molecule has 0 unspecified atom stereocenters. The lowest BCUT2D eigenvalue weighted by Crippen LogP contribution is -2.01.